The molecule has 2 fully saturated rings. The Labute approximate surface area is 244 Å². The number of halogens is 2. The smallest absolute Gasteiger partial charge is 0.338 e. The second-order valence-electron chi connectivity index (χ2n) is 9.51. The van der Waals surface area contributed by atoms with E-state index in [9.17, 15) is 18.8 Å². The van der Waals surface area contributed by atoms with Crippen LogP contribution in [-0.2, 0) is 14.3 Å². The number of carbonyl (C=O) groups is 3. The molecule has 5 rings (SSSR count). The number of benzene rings is 1. The Kier molecular flexibility index (Phi) is 8.88. The molecule has 0 bridgehead atoms. The van der Waals surface area contributed by atoms with Gasteiger partial charge >= 0.3 is 12.0 Å². The summed E-state index contributed by atoms with van der Waals surface area (Å²) in [5.74, 6) is -2.08. The highest BCUT2D eigenvalue weighted by Gasteiger charge is 2.41. The van der Waals surface area contributed by atoms with Crippen LogP contribution in [0.3, 0.4) is 0 Å². The lowest BCUT2D eigenvalue weighted by molar-refractivity contribution is -0.160. The number of thiocarbonyl (C=S) groups is 1. The Hall–Kier alpha value is -3.39. The van der Waals surface area contributed by atoms with Gasteiger partial charge < -0.3 is 29.7 Å². The van der Waals surface area contributed by atoms with Crippen LogP contribution in [0.2, 0.25) is 0 Å². The summed E-state index contributed by atoms with van der Waals surface area (Å²) >= 11 is 6.39. The van der Waals surface area contributed by atoms with Crippen molar-refractivity contribution in [2.75, 3.05) is 18.4 Å². The summed E-state index contributed by atoms with van der Waals surface area (Å²) in [7, 11) is 0. The fourth-order valence-electron chi connectivity index (χ4n) is 4.31. The number of carbonyl (C=O) groups excluding carboxylic acids is 3. The maximum Gasteiger partial charge on any atom is 0.338 e. The van der Waals surface area contributed by atoms with Gasteiger partial charge in [0, 0.05) is 57.4 Å². The summed E-state index contributed by atoms with van der Waals surface area (Å²) in [5, 5.41) is 4.92. The van der Waals surface area contributed by atoms with Gasteiger partial charge in [-0.3, -0.25) is 9.78 Å². The lowest BCUT2D eigenvalue weighted by Crippen LogP contribution is -2.36. The number of pyridine rings is 1. The summed E-state index contributed by atoms with van der Waals surface area (Å²) in [4.78, 5) is 43.7. The zero-order valence-electron chi connectivity index (χ0n) is 21.5. The molecule has 40 heavy (non-hydrogen) atoms. The molecule has 14 heteroatoms. The molecule has 1 aromatic carbocycles. The average Bonchev–Trinajstić information content (AvgIpc) is 3.59. The number of ether oxygens (including phenoxy) is 3. The number of hydrogen-bond acceptors (Lipinski definition) is 9. The Balaban J connectivity index is 0.00000370. The lowest BCUT2D eigenvalue weighted by Gasteiger charge is -2.15. The number of fused-ring (bicyclic) bond motifs is 1. The number of nitrogens with one attached hydrogen (secondary N) is 2. The van der Waals surface area contributed by atoms with Crippen LogP contribution < -0.4 is 15.4 Å². The quantitative estimate of drug-likeness (QED) is 0.282. The number of hydrogen-bond donors (Lipinski definition) is 2. The molecular weight excluding hydrogens is 583 g/mol. The number of likely N-dealkylation sites (tertiary alicyclic amines) is 1. The Morgan fingerprint density at radius 1 is 1.23 bits per heavy atom. The van der Waals surface area contributed by atoms with Crippen molar-refractivity contribution in [3.8, 4) is 11.5 Å². The van der Waals surface area contributed by atoms with Gasteiger partial charge in [-0.2, -0.15) is 0 Å². The number of anilines is 1. The molecule has 2 aromatic heterocycles. The van der Waals surface area contributed by atoms with Crippen LogP contribution >= 0.6 is 36.0 Å². The molecule has 2 N–H and O–H groups in total. The Bertz CT molecular complexity index is 1480. The first-order valence-corrected chi connectivity index (χ1v) is 13.5. The van der Waals surface area contributed by atoms with E-state index in [4.69, 9.17) is 26.4 Å². The highest BCUT2D eigenvalue weighted by Crippen LogP contribution is 2.37. The van der Waals surface area contributed by atoms with E-state index < -0.39 is 29.7 Å². The van der Waals surface area contributed by atoms with E-state index in [1.54, 1.807) is 26.0 Å². The van der Waals surface area contributed by atoms with Gasteiger partial charge in [-0.25, -0.2) is 14.0 Å². The first-order chi connectivity index (χ1) is 18.6. The van der Waals surface area contributed by atoms with Gasteiger partial charge in [-0.1, -0.05) is 12.2 Å². The number of esters is 1. The first kappa shape index (κ1) is 29.6. The third-order valence-corrected chi connectivity index (χ3v) is 7.44. The number of cyclic esters (lactones) is 1. The second-order valence-corrected chi connectivity index (χ2v) is 11.1. The molecule has 1 atom stereocenters. The van der Waals surface area contributed by atoms with E-state index in [0.717, 1.165) is 32.0 Å². The number of thiophene rings is 1. The number of urea groups is 1. The molecule has 0 spiro atoms. The Morgan fingerprint density at radius 3 is 2.65 bits per heavy atom. The predicted molar refractivity (Wildman–Crippen MR) is 153 cm³/mol. The molecule has 212 valence electrons. The largest absolute Gasteiger partial charge is 0.453 e. The molecule has 0 saturated carbocycles. The minimum Gasteiger partial charge on any atom is -0.453 e. The van der Waals surface area contributed by atoms with E-state index in [0.29, 0.717) is 20.8 Å². The van der Waals surface area contributed by atoms with Gasteiger partial charge in [-0.15, -0.1) is 23.7 Å². The molecule has 2 aliphatic rings. The molecule has 3 amide bonds. The third-order valence-electron chi connectivity index (χ3n) is 6.05. The summed E-state index contributed by atoms with van der Waals surface area (Å²) in [6.07, 6.45) is 2.56. The van der Waals surface area contributed by atoms with Gasteiger partial charge in [0.2, 0.25) is 5.79 Å². The first-order valence-electron chi connectivity index (χ1n) is 12.2. The maximum atomic E-state index is 14.9. The van der Waals surface area contributed by atoms with Crippen molar-refractivity contribution in [3.05, 3.63) is 47.2 Å². The van der Waals surface area contributed by atoms with Crippen LogP contribution in [0.1, 0.15) is 42.8 Å². The normalized spacial score (nSPS) is 17.7. The summed E-state index contributed by atoms with van der Waals surface area (Å²) in [6.45, 7) is 4.67. The molecule has 0 aliphatic carbocycles. The van der Waals surface area contributed by atoms with E-state index in [-0.39, 0.29) is 41.2 Å². The van der Waals surface area contributed by atoms with Crippen LogP contribution in [0, 0.1) is 5.82 Å². The highest BCUT2D eigenvalue weighted by atomic mass is 35.5. The van der Waals surface area contributed by atoms with Crippen LogP contribution in [0.25, 0.3) is 10.2 Å². The topological polar surface area (TPSA) is 119 Å². The fraction of sp³-hybridized carbons (Fsp3) is 0.346. The van der Waals surface area contributed by atoms with Crippen LogP contribution in [0.4, 0.5) is 14.9 Å². The zero-order chi connectivity index (χ0) is 27.7. The summed E-state index contributed by atoms with van der Waals surface area (Å²) in [5.41, 5.74) is 0.749. The average molecular weight is 609 g/mol. The van der Waals surface area contributed by atoms with E-state index >= 15 is 0 Å². The molecule has 0 unspecified atom stereocenters. The monoisotopic (exact) mass is 608 g/mol. The lowest BCUT2D eigenvalue weighted by atomic mass is 10.2. The second kappa shape index (κ2) is 12.0. The van der Waals surface area contributed by atoms with Gasteiger partial charge in [-0.05, 0) is 31.0 Å². The minimum atomic E-state index is -1.06. The summed E-state index contributed by atoms with van der Waals surface area (Å²) in [6, 6.07) is 6.58. The summed E-state index contributed by atoms with van der Waals surface area (Å²) < 4.78 is 31.9. The van der Waals surface area contributed by atoms with E-state index in [1.807, 2.05) is 4.90 Å². The van der Waals surface area contributed by atoms with Gasteiger partial charge in [0.25, 0.3) is 5.91 Å². The standard InChI is InChI=1S/C26H25FN4O6S2.ClH/c1-26(2)36-19(24(33)37-26)13-21(38)30-25(34)29-14-5-6-17(15(27)11-14)35-18-7-8-28-16-12-20(39-22(16)18)23(32)31-9-3-4-10-31;/h5-8,11-12,19H,3-4,9-10,13H2,1-2H3,(H2,29,30,34,38);1H/t19-;/m1./s1. The van der Waals surface area contributed by atoms with Gasteiger partial charge in [0.15, 0.2) is 17.7 Å². The van der Waals surface area contributed by atoms with Crippen LogP contribution in [-0.4, -0.2) is 57.8 Å². The van der Waals surface area contributed by atoms with Crippen molar-refractivity contribution in [3.63, 3.8) is 0 Å². The zero-order valence-corrected chi connectivity index (χ0v) is 24.0. The van der Waals surface area contributed by atoms with Crippen molar-refractivity contribution in [2.24, 2.45) is 0 Å². The number of nitrogens with zero attached hydrogens (tertiary/aromatic N) is 2. The number of rotatable bonds is 6. The van der Waals surface area contributed by atoms with Crippen molar-refractivity contribution in [2.45, 2.75) is 45.0 Å². The van der Waals surface area contributed by atoms with E-state index in [1.165, 1.54) is 29.7 Å². The van der Waals surface area contributed by atoms with Gasteiger partial charge in [0.1, 0.15) is 5.75 Å². The molecule has 4 heterocycles. The van der Waals surface area contributed by atoms with Crippen molar-refractivity contribution in [1.82, 2.24) is 15.2 Å². The van der Waals surface area contributed by atoms with E-state index in [2.05, 4.69) is 15.6 Å². The molecule has 0 radical (unpaired) electrons. The molecule has 2 aliphatic heterocycles. The highest BCUT2D eigenvalue weighted by molar-refractivity contribution is 7.80. The van der Waals surface area contributed by atoms with Crippen molar-refractivity contribution < 1.29 is 33.0 Å². The predicted octanol–water partition coefficient (Wildman–Crippen LogP) is 5.40. The SMILES string of the molecule is CC1(C)OC(=O)[C@@H](CC(=S)NC(=O)Nc2ccc(Oc3ccnc4cc(C(=O)N5CCCC5)sc34)c(F)c2)O1.Cl. The number of amides is 3. The van der Waals surface area contributed by atoms with Crippen LogP contribution in [0.5, 0.6) is 11.5 Å². The fourth-order valence-corrected chi connectivity index (χ4v) is 5.59. The minimum absolute atomic E-state index is 0. The van der Waals surface area contributed by atoms with Gasteiger partial charge in [0.05, 0.1) is 20.1 Å². The van der Waals surface area contributed by atoms with Crippen molar-refractivity contribution >= 4 is 74.8 Å². The molecular formula is C26H26ClFN4O6S2. The Morgan fingerprint density at radius 2 is 1.98 bits per heavy atom. The molecule has 2 saturated heterocycles. The van der Waals surface area contributed by atoms with Crippen molar-refractivity contribution in [1.29, 1.82) is 0 Å². The maximum absolute atomic E-state index is 14.9. The third kappa shape index (κ3) is 6.66. The molecule has 10 nitrogen and oxygen atoms in total. The molecule has 3 aromatic rings. The van der Waals surface area contributed by atoms with Crippen LogP contribution in [0.15, 0.2) is 36.5 Å². The number of aromatic nitrogens is 1.